The van der Waals surface area contributed by atoms with Gasteiger partial charge in [-0.2, -0.15) is 0 Å². The normalized spacial score (nSPS) is 10.9. The van der Waals surface area contributed by atoms with Crippen LogP contribution in [0.4, 0.5) is 5.69 Å². The Morgan fingerprint density at radius 2 is 1.59 bits per heavy atom. The van der Waals surface area contributed by atoms with Crippen molar-refractivity contribution >= 4 is 23.6 Å². The molecule has 0 aromatic heterocycles. The molecule has 0 radical (unpaired) electrons. The van der Waals surface area contributed by atoms with E-state index in [-0.39, 0.29) is 17.5 Å². The SMILES string of the molecule is CC(=O)N/C(=C/c1ccccc1)C(=O)Nc1ccc(C)cc1. The summed E-state index contributed by atoms with van der Waals surface area (Å²) in [6, 6.07) is 16.8. The third-order valence-corrected chi connectivity index (χ3v) is 2.98. The van der Waals surface area contributed by atoms with E-state index >= 15 is 0 Å². The Morgan fingerprint density at radius 1 is 0.955 bits per heavy atom. The molecule has 22 heavy (non-hydrogen) atoms. The highest BCUT2D eigenvalue weighted by atomic mass is 16.2. The van der Waals surface area contributed by atoms with E-state index in [4.69, 9.17) is 0 Å². The molecular formula is C18H18N2O2. The van der Waals surface area contributed by atoms with Crippen molar-refractivity contribution in [3.05, 3.63) is 71.4 Å². The summed E-state index contributed by atoms with van der Waals surface area (Å²) in [5, 5.41) is 5.34. The molecule has 2 aromatic rings. The van der Waals surface area contributed by atoms with Gasteiger partial charge in [0, 0.05) is 12.6 Å². The summed E-state index contributed by atoms with van der Waals surface area (Å²) in [5.74, 6) is -0.649. The number of hydrogen-bond donors (Lipinski definition) is 2. The second-order valence-corrected chi connectivity index (χ2v) is 4.97. The van der Waals surface area contributed by atoms with Gasteiger partial charge in [0.15, 0.2) is 0 Å². The predicted molar refractivity (Wildman–Crippen MR) is 88.0 cm³/mol. The molecule has 0 aliphatic heterocycles. The molecule has 4 heteroatoms. The van der Waals surface area contributed by atoms with Gasteiger partial charge in [0.1, 0.15) is 5.70 Å². The summed E-state index contributed by atoms with van der Waals surface area (Å²) in [6.07, 6.45) is 1.64. The number of hydrogen-bond acceptors (Lipinski definition) is 2. The molecule has 0 atom stereocenters. The van der Waals surface area contributed by atoms with Gasteiger partial charge in [-0.25, -0.2) is 0 Å². The highest BCUT2D eigenvalue weighted by Gasteiger charge is 2.11. The summed E-state index contributed by atoms with van der Waals surface area (Å²) in [7, 11) is 0. The lowest BCUT2D eigenvalue weighted by atomic mass is 10.2. The molecule has 0 unspecified atom stereocenters. The number of carbonyl (C=O) groups excluding carboxylic acids is 2. The van der Waals surface area contributed by atoms with Gasteiger partial charge in [0.25, 0.3) is 5.91 Å². The molecule has 0 aliphatic rings. The van der Waals surface area contributed by atoms with E-state index in [2.05, 4.69) is 10.6 Å². The minimum atomic E-state index is -0.358. The molecule has 0 saturated heterocycles. The Hall–Kier alpha value is -2.88. The maximum absolute atomic E-state index is 12.3. The highest BCUT2D eigenvalue weighted by molar-refractivity contribution is 6.08. The highest BCUT2D eigenvalue weighted by Crippen LogP contribution is 2.11. The van der Waals surface area contributed by atoms with Gasteiger partial charge >= 0.3 is 0 Å². The first kappa shape index (κ1) is 15.5. The largest absolute Gasteiger partial charge is 0.322 e. The number of rotatable bonds is 4. The quantitative estimate of drug-likeness (QED) is 0.851. The topological polar surface area (TPSA) is 58.2 Å². The number of benzene rings is 2. The summed E-state index contributed by atoms with van der Waals surface area (Å²) in [5.41, 5.74) is 2.84. The van der Waals surface area contributed by atoms with Crippen molar-refractivity contribution in [2.24, 2.45) is 0 Å². The van der Waals surface area contributed by atoms with Gasteiger partial charge in [-0.05, 0) is 30.7 Å². The fourth-order valence-corrected chi connectivity index (χ4v) is 1.90. The van der Waals surface area contributed by atoms with Crippen molar-refractivity contribution in [1.29, 1.82) is 0 Å². The lowest BCUT2D eigenvalue weighted by Crippen LogP contribution is -2.28. The number of aryl methyl sites for hydroxylation is 1. The van der Waals surface area contributed by atoms with E-state index in [9.17, 15) is 9.59 Å². The molecule has 2 N–H and O–H groups in total. The molecule has 0 saturated carbocycles. The van der Waals surface area contributed by atoms with Gasteiger partial charge in [0.05, 0.1) is 0 Å². The van der Waals surface area contributed by atoms with E-state index in [1.54, 1.807) is 6.08 Å². The summed E-state index contributed by atoms with van der Waals surface area (Å²) in [6.45, 7) is 3.35. The van der Waals surface area contributed by atoms with Crippen LogP contribution in [0.5, 0.6) is 0 Å². The standard InChI is InChI=1S/C18H18N2O2/c1-13-8-10-16(11-9-13)20-18(22)17(19-14(2)21)12-15-6-4-3-5-7-15/h3-12H,1-2H3,(H,19,21)(H,20,22)/b17-12+. The van der Waals surface area contributed by atoms with Gasteiger partial charge in [-0.15, -0.1) is 0 Å². The third-order valence-electron chi connectivity index (χ3n) is 2.98. The Morgan fingerprint density at radius 3 is 2.18 bits per heavy atom. The van der Waals surface area contributed by atoms with Crippen LogP contribution < -0.4 is 10.6 Å². The van der Waals surface area contributed by atoms with Crippen molar-refractivity contribution in [1.82, 2.24) is 5.32 Å². The van der Waals surface area contributed by atoms with E-state index in [0.717, 1.165) is 11.1 Å². The molecule has 4 nitrogen and oxygen atoms in total. The molecule has 2 aromatic carbocycles. The van der Waals surface area contributed by atoms with Crippen LogP contribution in [0.3, 0.4) is 0 Å². The second-order valence-electron chi connectivity index (χ2n) is 4.97. The minimum absolute atomic E-state index is 0.208. The van der Waals surface area contributed by atoms with Crippen LogP contribution in [0.15, 0.2) is 60.3 Å². The van der Waals surface area contributed by atoms with Crippen molar-refractivity contribution in [2.75, 3.05) is 5.32 Å². The first-order valence-corrected chi connectivity index (χ1v) is 6.97. The molecule has 2 amide bonds. The third kappa shape index (κ3) is 4.59. The van der Waals surface area contributed by atoms with Crippen molar-refractivity contribution in [3.8, 4) is 0 Å². The van der Waals surface area contributed by atoms with Crippen molar-refractivity contribution in [2.45, 2.75) is 13.8 Å². The Labute approximate surface area is 129 Å². The molecule has 112 valence electrons. The van der Waals surface area contributed by atoms with Crippen LogP contribution in [0.1, 0.15) is 18.1 Å². The van der Waals surface area contributed by atoms with Crippen molar-refractivity contribution in [3.63, 3.8) is 0 Å². The van der Waals surface area contributed by atoms with Crippen LogP contribution in [0, 0.1) is 6.92 Å². The van der Waals surface area contributed by atoms with E-state index in [0.29, 0.717) is 5.69 Å². The van der Waals surface area contributed by atoms with Crippen LogP contribution in [0.2, 0.25) is 0 Å². The Balaban J connectivity index is 2.21. The Kier molecular flexibility index (Phi) is 5.09. The van der Waals surface area contributed by atoms with Gasteiger partial charge < -0.3 is 10.6 Å². The molecule has 2 rings (SSSR count). The van der Waals surface area contributed by atoms with Crippen molar-refractivity contribution < 1.29 is 9.59 Å². The second kappa shape index (κ2) is 7.22. The van der Waals surface area contributed by atoms with Crippen LogP contribution >= 0.6 is 0 Å². The number of amides is 2. The van der Waals surface area contributed by atoms with E-state index in [1.165, 1.54) is 6.92 Å². The first-order chi connectivity index (χ1) is 10.5. The smallest absolute Gasteiger partial charge is 0.272 e. The maximum atomic E-state index is 12.3. The molecule has 0 spiro atoms. The lowest BCUT2D eigenvalue weighted by Gasteiger charge is -2.10. The zero-order chi connectivity index (χ0) is 15.9. The van der Waals surface area contributed by atoms with Crippen LogP contribution in [-0.4, -0.2) is 11.8 Å². The molecular weight excluding hydrogens is 276 g/mol. The van der Waals surface area contributed by atoms with Gasteiger partial charge in [-0.3, -0.25) is 9.59 Å². The maximum Gasteiger partial charge on any atom is 0.272 e. The summed E-state index contributed by atoms with van der Waals surface area (Å²) >= 11 is 0. The fraction of sp³-hybridized carbons (Fsp3) is 0.111. The van der Waals surface area contributed by atoms with Gasteiger partial charge in [-0.1, -0.05) is 48.0 Å². The number of carbonyl (C=O) groups is 2. The van der Waals surface area contributed by atoms with Crippen LogP contribution in [-0.2, 0) is 9.59 Å². The minimum Gasteiger partial charge on any atom is -0.322 e. The monoisotopic (exact) mass is 294 g/mol. The van der Waals surface area contributed by atoms with E-state index in [1.807, 2.05) is 61.5 Å². The molecule has 0 bridgehead atoms. The fourth-order valence-electron chi connectivity index (χ4n) is 1.90. The van der Waals surface area contributed by atoms with E-state index < -0.39 is 0 Å². The predicted octanol–water partition coefficient (Wildman–Crippen LogP) is 3.11. The average molecular weight is 294 g/mol. The first-order valence-electron chi connectivity index (χ1n) is 6.97. The zero-order valence-corrected chi connectivity index (χ0v) is 12.6. The van der Waals surface area contributed by atoms with Crippen LogP contribution in [0.25, 0.3) is 6.08 Å². The number of anilines is 1. The zero-order valence-electron chi connectivity index (χ0n) is 12.6. The molecule has 0 fully saturated rings. The summed E-state index contributed by atoms with van der Waals surface area (Å²) in [4.78, 5) is 23.7. The lowest BCUT2D eigenvalue weighted by molar-refractivity contribution is -0.120. The average Bonchev–Trinajstić information content (AvgIpc) is 2.49. The molecule has 0 heterocycles. The number of nitrogens with one attached hydrogen (secondary N) is 2. The molecule has 0 aliphatic carbocycles. The summed E-state index contributed by atoms with van der Waals surface area (Å²) < 4.78 is 0. The Bertz CT molecular complexity index is 689. The van der Waals surface area contributed by atoms with Gasteiger partial charge in [0.2, 0.25) is 5.91 Å².